The number of halogens is 3. The van der Waals surface area contributed by atoms with Gasteiger partial charge in [-0.2, -0.15) is 8.78 Å². The summed E-state index contributed by atoms with van der Waals surface area (Å²) in [7, 11) is 1.37. The number of benzene rings is 4. The number of esters is 1. The molecule has 1 heterocycles. The number of nitrogens with zero attached hydrogens (tertiary/aromatic N) is 2. The van der Waals surface area contributed by atoms with Crippen molar-refractivity contribution in [3.8, 4) is 5.75 Å². The number of aryl methyl sites for hydroxylation is 1. The van der Waals surface area contributed by atoms with E-state index >= 15 is 4.39 Å². The number of carbonyl (C=O) groups is 3. The monoisotopic (exact) mass is 718 g/mol. The van der Waals surface area contributed by atoms with Crippen molar-refractivity contribution in [2.75, 3.05) is 12.4 Å². The Balaban J connectivity index is 1.39. The summed E-state index contributed by atoms with van der Waals surface area (Å²) in [6, 6.07) is 19.0. The molecule has 52 heavy (non-hydrogen) atoms. The summed E-state index contributed by atoms with van der Waals surface area (Å²) in [6.45, 7) is 0.543. The topological polar surface area (TPSA) is 140 Å². The molecule has 11 nitrogen and oxygen atoms in total. The van der Waals surface area contributed by atoms with Gasteiger partial charge in [0.05, 0.1) is 10.6 Å². The van der Waals surface area contributed by atoms with Crippen LogP contribution >= 0.6 is 0 Å². The summed E-state index contributed by atoms with van der Waals surface area (Å²) in [5.74, 6) is -2.49. The average molecular weight is 719 g/mol. The molecule has 272 valence electrons. The third-order valence-corrected chi connectivity index (χ3v) is 8.86. The van der Waals surface area contributed by atoms with Gasteiger partial charge in [0.25, 0.3) is 11.6 Å². The fourth-order valence-electron chi connectivity index (χ4n) is 6.10. The quantitative estimate of drug-likeness (QED) is 0.0740. The molecule has 4 aromatic rings. The summed E-state index contributed by atoms with van der Waals surface area (Å²) in [4.78, 5) is 50.9. The van der Waals surface area contributed by atoms with E-state index in [1.165, 1.54) is 19.2 Å². The SMILES string of the molecule is Cc1cc(C(Nc2cc3c(cc2F)CNC3=O)C(=O)N(C)Cc2cc([N+](=O)[O-])ccc2OC(F)F)ccc1[C@@H](C)CCC(=O)OCc1ccccc1. The number of alkyl halides is 2. The van der Waals surface area contributed by atoms with Crippen LogP contribution in [0.15, 0.2) is 78.9 Å². The zero-order valence-electron chi connectivity index (χ0n) is 28.7. The molecule has 5 rings (SSSR count). The lowest BCUT2D eigenvalue weighted by Gasteiger charge is -2.27. The fourth-order valence-corrected chi connectivity index (χ4v) is 6.10. The van der Waals surface area contributed by atoms with Gasteiger partial charge in [0.15, 0.2) is 0 Å². The first-order valence-electron chi connectivity index (χ1n) is 16.4. The highest BCUT2D eigenvalue weighted by atomic mass is 19.3. The van der Waals surface area contributed by atoms with Gasteiger partial charge in [0.1, 0.15) is 24.2 Å². The van der Waals surface area contributed by atoms with Crippen LogP contribution in [-0.2, 0) is 34.0 Å². The van der Waals surface area contributed by atoms with Gasteiger partial charge < -0.3 is 25.0 Å². The van der Waals surface area contributed by atoms with Crippen LogP contribution in [0.3, 0.4) is 0 Å². The Hall–Kier alpha value is -5.92. The Bertz CT molecular complexity index is 1980. The highest BCUT2D eigenvalue weighted by molar-refractivity contribution is 5.99. The molecule has 2 N–H and O–H groups in total. The fraction of sp³-hybridized carbons (Fsp3) is 0.289. The molecular formula is C38H37F3N4O7. The number of carbonyl (C=O) groups excluding carboxylic acids is 3. The minimum atomic E-state index is -3.22. The van der Waals surface area contributed by atoms with Crippen molar-refractivity contribution in [2.45, 2.75) is 65.0 Å². The first-order chi connectivity index (χ1) is 24.8. The molecule has 4 aromatic carbocycles. The zero-order chi connectivity index (χ0) is 37.5. The number of nitro benzene ring substituents is 1. The maximum atomic E-state index is 15.4. The number of ether oxygens (including phenoxy) is 2. The standard InChI is InChI=1S/C38H37F3N4O7/c1-22(9-14-34(46)51-21-24-7-5-4-6-8-24)29-12-10-25(15-23(29)2)35(43-32-18-30-26(17-31(32)39)19-42-36(30)47)37(48)44(3)20-27-16-28(45(49)50)11-13-33(27)52-38(40)41/h4-8,10-13,15-18,22,35,38,43H,9,14,19-21H2,1-3H3,(H,42,47)/t22-,35?/m0/s1. The minimum Gasteiger partial charge on any atom is -0.461 e. The summed E-state index contributed by atoms with van der Waals surface area (Å²) in [5.41, 5.74) is 3.13. The maximum absolute atomic E-state index is 15.4. The van der Waals surface area contributed by atoms with Crippen molar-refractivity contribution in [1.82, 2.24) is 10.2 Å². The third-order valence-electron chi connectivity index (χ3n) is 8.86. The molecule has 0 aromatic heterocycles. The van der Waals surface area contributed by atoms with Gasteiger partial charge in [0, 0.05) is 49.8 Å². The summed E-state index contributed by atoms with van der Waals surface area (Å²) >= 11 is 0. The number of hydrogen-bond donors (Lipinski definition) is 2. The third kappa shape index (κ3) is 9.05. The lowest BCUT2D eigenvalue weighted by Crippen LogP contribution is -2.35. The highest BCUT2D eigenvalue weighted by Crippen LogP contribution is 2.33. The molecule has 1 aliphatic heterocycles. The molecular weight excluding hydrogens is 681 g/mol. The Morgan fingerprint density at radius 2 is 1.81 bits per heavy atom. The molecule has 0 fully saturated rings. The second-order valence-electron chi connectivity index (χ2n) is 12.6. The van der Waals surface area contributed by atoms with Gasteiger partial charge in [-0.15, -0.1) is 0 Å². The van der Waals surface area contributed by atoms with Crippen LogP contribution in [-0.4, -0.2) is 41.3 Å². The van der Waals surface area contributed by atoms with E-state index in [1.54, 1.807) is 12.1 Å². The van der Waals surface area contributed by atoms with Gasteiger partial charge in [-0.05, 0) is 65.3 Å². The first kappa shape index (κ1) is 37.3. The molecule has 0 saturated heterocycles. The van der Waals surface area contributed by atoms with Crippen LogP contribution in [0.2, 0.25) is 0 Å². The van der Waals surface area contributed by atoms with E-state index in [2.05, 4.69) is 15.4 Å². The predicted octanol–water partition coefficient (Wildman–Crippen LogP) is 7.33. The molecule has 2 atom stereocenters. The largest absolute Gasteiger partial charge is 0.461 e. The van der Waals surface area contributed by atoms with Crippen LogP contribution < -0.4 is 15.4 Å². The number of rotatable bonds is 15. The lowest BCUT2D eigenvalue weighted by atomic mass is 9.90. The van der Waals surface area contributed by atoms with Gasteiger partial charge in [-0.3, -0.25) is 24.5 Å². The Morgan fingerprint density at radius 3 is 2.50 bits per heavy atom. The molecule has 1 aliphatic rings. The molecule has 2 amide bonds. The number of non-ortho nitro benzene ring substituents is 1. The summed E-state index contributed by atoms with van der Waals surface area (Å²) in [6.07, 6.45) is 0.675. The smallest absolute Gasteiger partial charge is 0.387 e. The van der Waals surface area contributed by atoms with E-state index in [4.69, 9.17) is 4.74 Å². The Kier molecular flexibility index (Phi) is 11.8. The van der Waals surface area contributed by atoms with E-state index in [-0.39, 0.29) is 60.6 Å². The molecule has 0 spiro atoms. The Morgan fingerprint density at radius 1 is 1.06 bits per heavy atom. The number of fused-ring (bicyclic) bond motifs is 1. The first-order valence-corrected chi connectivity index (χ1v) is 16.4. The van der Waals surface area contributed by atoms with Crippen molar-refractivity contribution in [2.24, 2.45) is 0 Å². The predicted molar refractivity (Wildman–Crippen MR) is 185 cm³/mol. The van der Waals surface area contributed by atoms with Crippen LogP contribution in [0.5, 0.6) is 5.75 Å². The summed E-state index contributed by atoms with van der Waals surface area (Å²) in [5, 5.41) is 17.0. The lowest BCUT2D eigenvalue weighted by molar-refractivity contribution is -0.385. The van der Waals surface area contributed by atoms with Crippen molar-refractivity contribution >= 4 is 29.2 Å². The number of nitrogens with one attached hydrogen (secondary N) is 2. The molecule has 0 aliphatic carbocycles. The van der Waals surface area contributed by atoms with E-state index in [1.807, 2.05) is 50.2 Å². The second-order valence-corrected chi connectivity index (χ2v) is 12.6. The maximum Gasteiger partial charge on any atom is 0.387 e. The van der Waals surface area contributed by atoms with Gasteiger partial charge in [-0.25, -0.2) is 4.39 Å². The zero-order valence-corrected chi connectivity index (χ0v) is 28.7. The van der Waals surface area contributed by atoms with Crippen molar-refractivity contribution in [3.05, 3.63) is 134 Å². The number of nitro groups is 1. The van der Waals surface area contributed by atoms with Crippen molar-refractivity contribution < 1.29 is 42.0 Å². The van der Waals surface area contributed by atoms with Gasteiger partial charge in [-0.1, -0.05) is 55.5 Å². The van der Waals surface area contributed by atoms with Gasteiger partial charge >= 0.3 is 12.6 Å². The van der Waals surface area contributed by atoms with E-state index < -0.39 is 40.9 Å². The van der Waals surface area contributed by atoms with Gasteiger partial charge in [0.2, 0.25) is 5.91 Å². The second kappa shape index (κ2) is 16.4. The normalized spacial score (nSPS) is 13.2. The molecule has 1 unspecified atom stereocenters. The minimum absolute atomic E-state index is 0.0490. The molecule has 0 bridgehead atoms. The molecule has 14 heteroatoms. The average Bonchev–Trinajstić information content (AvgIpc) is 3.47. The van der Waals surface area contributed by atoms with Crippen LogP contribution in [0, 0.1) is 22.9 Å². The van der Waals surface area contributed by atoms with Crippen molar-refractivity contribution in [3.63, 3.8) is 0 Å². The number of anilines is 1. The molecule has 0 saturated carbocycles. The number of amides is 2. The Labute approximate surface area is 297 Å². The van der Waals surface area contributed by atoms with Crippen LogP contribution in [0.1, 0.15) is 75.5 Å². The number of hydrogen-bond acceptors (Lipinski definition) is 8. The van der Waals surface area contributed by atoms with Crippen molar-refractivity contribution in [1.29, 1.82) is 0 Å². The molecule has 0 radical (unpaired) electrons. The van der Waals surface area contributed by atoms with E-state index in [9.17, 15) is 33.3 Å². The highest BCUT2D eigenvalue weighted by Gasteiger charge is 2.29. The summed E-state index contributed by atoms with van der Waals surface area (Å²) < 4.78 is 51.7. The van der Waals surface area contributed by atoms with Crippen LogP contribution in [0.25, 0.3) is 0 Å². The van der Waals surface area contributed by atoms with E-state index in [0.29, 0.717) is 17.5 Å². The number of likely N-dealkylation sites (N-methyl/N-ethyl adjacent to an activating group) is 1. The van der Waals surface area contributed by atoms with E-state index in [0.717, 1.165) is 39.8 Å². The van der Waals surface area contributed by atoms with Crippen LogP contribution in [0.4, 0.5) is 24.5 Å².